The number of rotatable bonds is 7. The third-order valence-electron chi connectivity index (χ3n) is 1.36. The summed E-state index contributed by atoms with van der Waals surface area (Å²) in [4.78, 5) is 10.3. The molecular weight excluding hydrogens is 196 g/mol. The highest BCUT2D eigenvalue weighted by atomic mass is 35.5. The molecule has 0 heterocycles. The fourth-order valence-corrected chi connectivity index (χ4v) is 1.06. The normalized spacial score (nSPS) is 15.3. The molecule has 78 valence electrons. The summed E-state index contributed by atoms with van der Waals surface area (Å²) in [5, 5.41) is 8.48. The molecular formula is C8H15ClO4. The summed E-state index contributed by atoms with van der Waals surface area (Å²) in [5.41, 5.74) is 0. The number of halogens is 1. The minimum Gasteiger partial charge on any atom is -0.481 e. The maximum Gasteiger partial charge on any atom is 0.306 e. The molecule has 2 atom stereocenters. The molecule has 0 radical (unpaired) electrons. The van der Waals surface area contributed by atoms with Crippen LogP contribution in [0.25, 0.3) is 0 Å². The lowest BCUT2D eigenvalue weighted by atomic mass is 10.3. The quantitative estimate of drug-likeness (QED) is 0.511. The third-order valence-corrected chi connectivity index (χ3v) is 1.70. The molecule has 0 bridgehead atoms. The molecule has 0 rings (SSSR count). The number of carbonyl (C=O) groups is 1. The molecule has 0 aliphatic rings. The summed E-state index contributed by atoms with van der Waals surface area (Å²) < 4.78 is 10.3. The van der Waals surface area contributed by atoms with Crippen molar-refractivity contribution in [2.24, 2.45) is 0 Å². The molecule has 0 aromatic carbocycles. The van der Waals surface area contributed by atoms with E-state index in [2.05, 4.69) is 0 Å². The standard InChI is InChI=1S/C8H15ClO4/c1-3-12-6(2)13-7(5-9)4-8(10)11/h6-7H,3-5H2,1-2H3,(H,10,11). The maximum atomic E-state index is 10.3. The summed E-state index contributed by atoms with van der Waals surface area (Å²) in [6, 6.07) is 0. The van der Waals surface area contributed by atoms with Gasteiger partial charge in [0.2, 0.25) is 0 Å². The number of carboxylic acids is 1. The van der Waals surface area contributed by atoms with Crippen molar-refractivity contribution in [2.45, 2.75) is 32.7 Å². The number of hydrogen-bond acceptors (Lipinski definition) is 3. The van der Waals surface area contributed by atoms with Gasteiger partial charge in [-0.2, -0.15) is 0 Å². The van der Waals surface area contributed by atoms with E-state index >= 15 is 0 Å². The van der Waals surface area contributed by atoms with E-state index in [1.807, 2.05) is 6.92 Å². The van der Waals surface area contributed by atoms with Crippen LogP contribution in [0.4, 0.5) is 0 Å². The van der Waals surface area contributed by atoms with Crippen molar-refractivity contribution in [1.82, 2.24) is 0 Å². The third kappa shape index (κ3) is 6.81. The van der Waals surface area contributed by atoms with E-state index in [9.17, 15) is 4.79 Å². The van der Waals surface area contributed by atoms with Gasteiger partial charge in [0.25, 0.3) is 0 Å². The number of carboxylic acid groups (broad SMARTS) is 1. The van der Waals surface area contributed by atoms with Crippen LogP contribution in [0.3, 0.4) is 0 Å². The lowest BCUT2D eigenvalue weighted by Gasteiger charge is -2.18. The molecule has 0 saturated carbocycles. The first-order chi connectivity index (χ1) is 6.10. The summed E-state index contributed by atoms with van der Waals surface area (Å²) in [6.07, 6.45) is -0.991. The van der Waals surface area contributed by atoms with Gasteiger partial charge in [-0.1, -0.05) is 0 Å². The van der Waals surface area contributed by atoms with E-state index in [0.717, 1.165) is 0 Å². The fraction of sp³-hybridized carbons (Fsp3) is 0.875. The highest BCUT2D eigenvalue weighted by Gasteiger charge is 2.15. The van der Waals surface area contributed by atoms with Gasteiger partial charge in [0, 0.05) is 12.5 Å². The van der Waals surface area contributed by atoms with Crippen LogP contribution in [0.5, 0.6) is 0 Å². The van der Waals surface area contributed by atoms with Crippen LogP contribution < -0.4 is 0 Å². The molecule has 0 amide bonds. The Morgan fingerprint density at radius 2 is 2.23 bits per heavy atom. The molecule has 2 unspecified atom stereocenters. The molecule has 13 heavy (non-hydrogen) atoms. The van der Waals surface area contributed by atoms with E-state index < -0.39 is 18.4 Å². The number of alkyl halides is 1. The molecule has 0 fully saturated rings. The van der Waals surface area contributed by atoms with Crippen LogP contribution >= 0.6 is 11.6 Å². The summed E-state index contributed by atoms with van der Waals surface area (Å²) >= 11 is 5.51. The second-order valence-electron chi connectivity index (χ2n) is 2.53. The highest BCUT2D eigenvalue weighted by molar-refractivity contribution is 6.18. The predicted octanol–water partition coefficient (Wildman–Crippen LogP) is 1.47. The van der Waals surface area contributed by atoms with Gasteiger partial charge in [0.15, 0.2) is 6.29 Å². The van der Waals surface area contributed by atoms with Gasteiger partial charge >= 0.3 is 5.97 Å². The van der Waals surface area contributed by atoms with Gasteiger partial charge in [-0.15, -0.1) is 11.6 Å². The zero-order chi connectivity index (χ0) is 10.3. The van der Waals surface area contributed by atoms with Crippen LogP contribution in [-0.2, 0) is 14.3 Å². The topological polar surface area (TPSA) is 55.8 Å². The Morgan fingerprint density at radius 1 is 1.62 bits per heavy atom. The van der Waals surface area contributed by atoms with Crippen molar-refractivity contribution in [1.29, 1.82) is 0 Å². The second kappa shape index (κ2) is 7.12. The first kappa shape index (κ1) is 12.7. The van der Waals surface area contributed by atoms with Crippen LogP contribution in [0.2, 0.25) is 0 Å². The van der Waals surface area contributed by atoms with E-state index in [4.69, 9.17) is 26.2 Å². The summed E-state index contributed by atoms with van der Waals surface area (Å²) in [6.45, 7) is 4.08. The number of hydrogen-bond donors (Lipinski definition) is 1. The van der Waals surface area contributed by atoms with E-state index in [1.165, 1.54) is 0 Å². The minimum absolute atomic E-state index is 0.0963. The molecule has 1 N–H and O–H groups in total. The first-order valence-corrected chi connectivity index (χ1v) is 4.68. The smallest absolute Gasteiger partial charge is 0.306 e. The lowest BCUT2D eigenvalue weighted by Crippen LogP contribution is -2.26. The van der Waals surface area contributed by atoms with E-state index in [0.29, 0.717) is 6.61 Å². The predicted molar refractivity (Wildman–Crippen MR) is 48.9 cm³/mol. The van der Waals surface area contributed by atoms with Crippen molar-refractivity contribution in [3.05, 3.63) is 0 Å². The summed E-state index contributed by atoms with van der Waals surface area (Å²) in [5.74, 6) is -0.765. The van der Waals surface area contributed by atoms with Crippen molar-refractivity contribution < 1.29 is 19.4 Å². The molecule has 4 nitrogen and oxygen atoms in total. The Hall–Kier alpha value is -0.320. The van der Waals surface area contributed by atoms with Crippen molar-refractivity contribution in [3.8, 4) is 0 Å². The van der Waals surface area contributed by atoms with Gasteiger partial charge in [0.05, 0.1) is 12.5 Å². The summed E-state index contributed by atoms with van der Waals surface area (Å²) in [7, 11) is 0. The Balaban J connectivity index is 3.75. The minimum atomic E-state index is -0.922. The Kier molecular flexibility index (Phi) is 6.94. The SMILES string of the molecule is CCOC(C)OC(CCl)CC(=O)O. The van der Waals surface area contributed by atoms with Gasteiger partial charge in [0.1, 0.15) is 0 Å². The molecule has 5 heteroatoms. The second-order valence-corrected chi connectivity index (χ2v) is 2.84. The molecule has 0 aliphatic heterocycles. The van der Waals surface area contributed by atoms with Crippen LogP contribution in [0.1, 0.15) is 20.3 Å². The first-order valence-electron chi connectivity index (χ1n) is 4.15. The maximum absolute atomic E-state index is 10.3. The number of ether oxygens (including phenoxy) is 2. The molecule has 0 aliphatic carbocycles. The molecule has 0 aromatic rings. The van der Waals surface area contributed by atoms with Gasteiger partial charge in [-0.25, -0.2) is 0 Å². The average molecular weight is 211 g/mol. The van der Waals surface area contributed by atoms with Crippen molar-refractivity contribution in [3.63, 3.8) is 0 Å². The Bertz CT molecular complexity index is 151. The van der Waals surface area contributed by atoms with Gasteiger partial charge in [-0.05, 0) is 13.8 Å². The van der Waals surface area contributed by atoms with Crippen LogP contribution in [0, 0.1) is 0 Å². The molecule has 0 spiro atoms. The fourth-order valence-electron chi connectivity index (χ4n) is 0.879. The van der Waals surface area contributed by atoms with Crippen molar-refractivity contribution in [2.75, 3.05) is 12.5 Å². The zero-order valence-electron chi connectivity index (χ0n) is 7.83. The van der Waals surface area contributed by atoms with Crippen molar-refractivity contribution >= 4 is 17.6 Å². The van der Waals surface area contributed by atoms with Crippen LogP contribution in [-0.4, -0.2) is 36.0 Å². The van der Waals surface area contributed by atoms with Gasteiger partial charge in [-0.3, -0.25) is 4.79 Å². The van der Waals surface area contributed by atoms with Crippen LogP contribution in [0.15, 0.2) is 0 Å². The van der Waals surface area contributed by atoms with Gasteiger partial charge < -0.3 is 14.6 Å². The lowest BCUT2D eigenvalue weighted by molar-refractivity contribution is -0.162. The molecule has 0 aromatic heterocycles. The Labute approximate surface area is 82.8 Å². The average Bonchev–Trinajstić information content (AvgIpc) is 2.02. The van der Waals surface area contributed by atoms with E-state index in [-0.39, 0.29) is 12.3 Å². The number of aliphatic carboxylic acids is 1. The van der Waals surface area contributed by atoms with E-state index in [1.54, 1.807) is 6.92 Å². The highest BCUT2D eigenvalue weighted by Crippen LogP contribution is 2.06. The monoisotopic (exact) mass is 210 g/mol. The Morgan fingerprint density at radius 3 is 2.62 bits per heavy atom. The largest absolute Gasteiger partial charge is 0.481 e. The molecule has 0 saturated heterocycles. The zero-order valence-corrected chi connectivity index (χ0v) is 8.58.